The molecule has 1 radical (unpaired) electrons. The third-order valence-corrected chi connectivity index (χ3v) is 11.4. The number of nitrogens with zero attached hydrogens (tertiary/aromatic N) is 1. The number of rotatable bonds is 4. The first-order valence-corrected chi connectivity index (χ1v) is 19.7. The van der Waals surface area contributed by atoms with Crippen molar-refractivity contribution in [2.24, 2.45) is 22.7 Å². The Balaban J connectivity index is 0.000000372. The molecule has 2 aliphatic carbocycles. The van der Waals surface area contributed by atoms with E-state index in [2.05, 4.69) is 89.2 Å². The summed E-state index contributed by atoms with van der Waals surface area (Å²) in [6.07, 6.45) is 14.1. The first kappa shape index (κ1) is 41.9. The van der Waals surface area contributed by atoms with Crippen molar-refractivity contribution < 1.29 is 30.0 Å². The molecule has 3 nitrogen and oxygen atoms in total. The van der Waals surface area contributed by atoms with Gasteiger partial charge in [0.05, 0.1) is 5.52 Å². The van der Waals surface area contributed by atoms with Gasteiger partial charge in [-0.25, -0.2) is 0 Å². The first-order valence-electron chi connectivity index (χ1n) is 19.7. The van der Waals surface area contributed by atoms with Crippen LogP contribution in [0.25, 0.3) is 32.9 Å². The van der Waals surface area contributed by atoms with Gasteiger partial charge in [-0.05, 0) is 85.5 Å². The van der Waals surface area contributed by atoms with Crippen LogP contribution in [0.2, 0.25) is 0 Å². The molecule has 1 heterocycles. The van der Waals surface area contributed by atoms with Crippen molar-refractivity contribution in [3.8, 4) is 11.3 Å². The summed E-state index contributed by atoms with van der Waals surface area (Å²) in [4.78, 5) is 16.8. The number of allylic oxidation sites excluding steroid dienone is 2. The summed E-state index contributed by atoms with van der Waals surface area (Å²) in [6.45, 7) is 22.5. The van der Waals surface area contributed by atoms with Gasteiger partial charge in [-0.1, -0.05) is 136 Å². The molecular weight excluding hydrogens is 815 g/mol. The van der Waals surface area contributed by atoms with Crippen LogP contribution in [0.1, 0.15) is 148 Å². The van der Waals surface area contributed by atoms with Gasteiger partial charge < -0.3 is 5.11 Å². The van der Waals surface area contributed by atoms with Crippen molar-refractivity contribution in [2.75, 3.05) is 0 Å². The van der Waals surface area contributed by atoms with Gasteiger partial charge in [0, 0.05) is 48.1 Å². The van der Waals surface area contributed by atoms with Crippen LogP contribution in [-0.4, -0.2) is 15.9 Å². The molecule has 0 saturated heterocycles. The molecule has 1 N–H and O–H groups in total. The van der Waals surface area contributed by atoms with Gasteiger partial charge >= 0.3 is 0 Å². The van der Waals surface area contributed by atoms with Crippen LogP contribution in [0.15, 0.2) is 60.4 Å². The molecule has 4 heteroatoms. The van der Waals surface area contributed by atoms with E-state index in [9.17, 15) is 9.90 Å². The van der Waals surface area contributed by atoms with Crippen molar-refractivity contribution in [1.82, 2.24) is 4.98 Å². The number of aliphatic hydroxyl groups is 1. The summed E-state index contributed by atoms with van der Waals surface area (Å²) in [5, 5.41) is 13.5. The SMILES string of the molecule is CC(C)(C)C(=O)/C=C(\O)C(C)(C)C.Cc1cc(C)c2c(C3CCC(C4CCCCC4)CC3)cc(-c3[c-]c4ccccc4c(C(C)(C)C)c3)nc2c1.[Ir]. The molecular formula is C48H64IrNO2-. The summed E-state index contributed by atoms with van der Waals surface area (Å²) >= 11 is 0. The minimum absolute atomic E-state index is 0. The summed E-state index contributed by atoms with van der Waals surface area (Å²) in [6, 6.07) is 22.0. The van der Waals surface area contributed by atoms with Gasteiger partial charge in [-0.15, -0.1) is 29.1 Å². The maximum absolute atomic E-state index is 11.5. The number of carbonyl (C=O) groups is 1. The van der Waals surface area contributed by atoms with Crippen molar-refractivity contribution in [2.45, 2.75) is 145 Å². The minimum Gasteiger partial charge on any atom is -0.512 e. The van der Waals surface area contributed by atoms with E-state index in [-0.39, 0.29) is 42.5 Å². The van der Waals surface area contributed by atoms with E-state index in [4.69, 9.17) is 4.98 Å². The van der Waals surface area contributed by atoms with Crippen LogP contribution in [0.4, 0.5) is 0 Å². The summed E-state index contributed by atoms with van der Waals surface area (Å²) < 4.78 is 0. The zero-order valence-corrected chi connectivity index (χ0v) is 36.3. The standard InChI is InChI=1S/C37H44N.C11H20O2.Ir/c1-24-19-25(2)36-32(28-17-15-27(16-18-28)26-11-7-6-8-12-26)23-34(38-35(36)20-24)30-21-29-13-9-10-14-31(29)33(22-30)37(3,4)5;1-10(2,3)8(12)7-9(13)11(4,5)6;/h9-10,13-14,19-20,22-23,26-28H,6-8,11-12,15-18H2,1-5H3;7,12H,1-6H3;/q-1;;/b;8-7-;. The second-order valence-corrected chi connectivity index (χ2v) is 18.9. The molecule has 2 fully saturated rings. The fraction of sp³-hybridized carbons (Fsp3) is 0.542. The molecule has 1 aromatic heterocycles. The number of hydrogen-bond donors (Lipinski definition) is 1. The Morgan fingerprint density at radius 2 is 1.40 bits per heavy atom. The molecule has 0 spiro atoms. The van der Waals surface area contributed by atoms with E-state index in [1.165, 1.54) is 102 Å². The van der Waals surface area contributed by atoms with Gasteiger partial charge in [-0.2, -0.15) is 0 Å². The molecule has 283 valence electrons. The largest absolute Gasteiger partial charge is 0.512 e. The second kappa shape index (κ2) is 16.7. The Morgan fingerprint density at radius 1 is 0.788 bits per heavy atom. The molecule has 3 aromatic carbocycles. The number of aliphatic hydroxyl groups excluding tert-OH is 1. The van der Waals surface area contributed by atoms with Crippen LogP contribution >= 0.6 is 0 Å². The Labute approximate surface area is 328 Å². The van der Waals surface area contributed by atoms with E-state index in [0.717, 1.165) is 28.6 Å². The maximum Gasteiger partial charge on any atom is 0.164 e. The van der Waals surface area contributed by atoms with Crippen molar-refractivity contribution in [1.29, 1.82) is 0 Å². The second-order valence-electron chi connectivity index (χ2n) is 18.9. The summed E-state index contributed by atoms with van der Waals surface area (Å²) in [7, 11) is 0. The Bertz CT molecular complexity index is 1880. The molecule has 6 rings (SSSR count). The number of aromatic nitrogens is 1. The Morgan fingerprint density at radius 3 is 2.00 bits per heavy atom. The van der Waals surface area contributed by atoms with Crippen molar-refractivity contribution >= 4 is 27.5 Å². The molecule has 4 aromatic rings. The number of hydrogen-bond acceptors (Lipinski definition) is 3. The van der Waals surface area contributed by atoms with E-state index < -0.39 is 5.41 Å². The average Bonchev–Trinajstić information content (AvgIpc) is 3.06. The van der Waals surface area contributed by atoms with Gasteiger partial charge in [0.2, 0.25) is 0 Å². The topological polar surface area (TPSA) is 50.2 Å². The number of aryl methyl sites for hydroxylation is 2. The molecule has 0 atom stereocenters. The zero-order chi connectivity index (χ0) is 37.3. The van der Waals surface area contributed by atoms with E-state index >= 15 is 0 Å². The molecule has 2 saturated carbocycles. The van der Waals surface area contributed by atoms with Crippen LogP contribution in [0.3, 0.4) is 0 Å². The average molecular weight is 879 g/mol. The van der Waals surface area contributed by atoms with E-state index in [1.54, 1.807) is 0 Å². The van der Waals surface area contributed by atoms with Crippen molar-refractivity contribution in [3.63, 3.8) is 0 Å². The number of fused-ring (bicyclic) bond motifs is 2. The molecule has 0 unspecified atom stereocenters. The van der Waals surface area contributed by atoms with Crippen LogP contribution in [-0.2, 0) is 30.3 Å². The molecule has 2 aliphatic rings. The monoisotopic (exact) mass is 879 g/mol. The first-order chi connectivity index (χ1) is 23.8. The normalized spacial score (nSPS) is 19.2. The molecule has 52 heavy (non-hydrogen) atoms. The number of pyridine rings is 1. The third kappa shape index (κ3) is 10.0. The molecule has 0 bridgehead atoms. The van der Waals surface area contributed by atoms with E-state index in [1.807, 2.05) is 41.5 Å². The summed E-state index contributed by atoms with van der Waals surface area (Å²) in [5.41, 5.74) is 8.24. The summed E-state index contributed by atoms with van der Waals surface area (Å²) in [5.74, 6) is 2.67. The van der Waals surface area contributed by atoms with Gasteiger partial charge in [0.15, 0.2) is 5.78 Å². The van der Waals surface area contributed by atoms with Crippen LogP contribution < -0.4 is 0 Å². The fourth-order valence-corrected chi connectivity index (χ4v) is 8.30. The number of carbonyl (C=O) groups excluding carboxylic acids is 1. The van der Waals surface area contributed by atoms with Gasteiger partial charge in [-0.3, -0.25) is 9.78 Å². The minimum atomic E-state index is -0.417. The maximum atomic E-state index is 11.5. The Kier molecular flexibility index (Phi) is 13.5. The van der Waals surface area contributed by atoms with Crippen molar-refractivity contribution in [3.05, 3.63) is 88.7 Å². The smallest absolute Gasteiger partial charge is 0.164 e. The quantitative estimate of drug-likeness (QED) is 0.126. The molecule has 0 aliphatic heterocycles. The molecule has 0 amide bonds. The van der Waals surface area contributed by atoms with Gasteiger partial charge in [0.1, 0.15) is 5.76 Å². The van der Waals surface area contributed by atoms with Crippen LogP contribution in [0.5, 0.6) is 0 Å². The zero-order valence-electron chi connectivity index (χ0n) is 33.9. The predicted molar refractivity (Wildman–Crippen MR) is 218 cm³/mol. The third-order valence-electron chi connectivity index (χ3n) is 11.4. The number of ketones is 1. The van der Waals surface area contributed by atoms with Gasteiger partial charge in [0.25, 0.3) is 0 Å². The van der Waals surface area contributed by atoms with E-state index in [0.29, 0.717) is 5.92 Å². The Hall–Kier alpha value is -2.81. The fourth-order valence-electron chi connectivity index (χ4n) is 8.30. The predicted octanol–water partition coefficient (Wildman–Crippen LogP) is 13.7. The van der Waals surface area contributed by atoms with Crippen LogP contribution in [0, 0.1) is 42.6 Å². The number of benzene rings is 3.